The Kier molecular flexibility index (Phi) is 7.39. The first kappa shape index (κ1) is 23.8. The third-order valence-corrected chi connectivity index (χ3v) is 8.30. The van der Waals surface area contributed by atoms with Gasteiger partial charge in [-0.05, 0) is 86.3 Å². The van der Waals surface area contributed by atoms with Gasteiger partial charge in [-0.25, -0.2) is 13.1 Å². The van der Waals surface area contributed by atoms with Crippen molar-refractivity contribution < 1.29 is 17.9 Å². The van der Waals surface area contributed by atoms with Crippen LogP contribution in [0.4, 0.5) is 0 Å². The Morgan fingerprint density at radius 2 is 1.73 bits per heavy atom. The third-order valence-electron chi connectivity index (χ3n) is 6.84. The molecule has 4 rings (SSSR count). The second-order valence-electron chi connectivity index (χ2n) is 9.03. The van der Waals surface area contributed by atoms with Gasteiger partial charge in [-0.15, -0.1) is 0 Å². The van der Waals surface area contributed by atoms with Crippen molar-refractivity contribution in [3.05, 3.63) is 58.7 Å². The maximum atomic E-state index is 13.3. The Balaban J connectivity index is 1.60. The van der Waals surface area contributed by atoms with E-state index in [-0.39, 0.29) is 16.8 Å². The highest BCUT2D eigenvalue weighted by molar-refractivity contribution is 7.89. The van der Waals surface area contributed by atoms with Crippen molar-refractivity contribution in [2.75, 3.05) is 20.2 Å². The number of aryl methyl sites for hydroxylation is 2. The van der Waals surface area contributed by atoms with Crippen LogP contribution in [0.3, 0.4) is 0 Å². The normalized spacial score (nSPS) is 17.3. The van der Waals surface area contributed by atoms with E-state index in [0.29, 0.717) is 30.8 Å². The molecule has 0 bridgehead atoms. The summed E-state index contributed by atoms with van der Waals surface area (Å²) in [6, 6.07) is 10.6. The zero-order chi connectivity index (χ0) is 23.4. The van der Waals surface area contributed by atoms with Gasteiger partial charge < -0.3 is 9.64 Å². The SMILES string of the molecule is CC[C@H](NS(=O)(=O)c1ccc(OC)c(C(=O)N2CCCCC2)c1)c1ccc2c(c1)CCCC2. The Morgan fingerprint density at radius 1 is 1.00 bits per heavy atom. The predicted octanol–water partition coefficient (Wildman–Crippen LogP) is 4.63. The number of likely N-dealkylation sites (tertiary alicyclic amines) is 1. The molecule has 0 unspecified atom stereocenters. The quantitative estimate of drug-likeness (QED) is 0.640. The van der Waals surface area contributed by atoms with Crippen molar-refractivity contribution in [2.24, 2.45) is 0 Å². The van der Waals surface area contributed by atoms with Crippen LogP contribution in [0.15, 0.2) is 41.3 Å². The van der Waals surface area contributed by atoms with Gasteiger partial charge in [-0.1, -0.05) is 25.1 Å². The number of benzene rings is 2. The van der Waals surface area contributed by atoms with Gasteiger partial charge in [-0.3, -0.25) is 4.79 Å². The summed E-state index contributed by atoms with van der Waals surface area (Å²) in [6.45, 7) is 3.35. The lowest BCUT2D eigenvalue weighted by molar-refractivity contribution is 0.0720. The maximum absolute atomic E-state index is 13.3. The zero-order valence-corrected chi connectivity index (χ0v) is 20.4. The number of methoxy groups -OCH3 is 1. The van der Waals surface area contributed by atoms with E-state index in [2.05, 4.69) is 16.9 Å². The van der Waals surface area contributed by atoms with E-state index in [1.54, 1.807) is 11.0 Å². The molecule has 33 heavy (non-hydrogen) atoms. The number of rotatable bonds is 7. The number of carbonyl (C=O) groups is 1. The fraction of sp³-hybridized carbons (Fsp3) is 0.500. The molecule has 2 aromatic rings. The first-order valence-corrected chi connectivity index (χ1v) is 13.5. The van der Waals surface area contributed by atoms with E-state index in [9.17, 15) is 13.2 Å². The summed E-state index contributed by atoms with van der Waals surface area (Å²) in [7, 11) is -2.33. The van der Waals surface area contributed by atoms with Crippen molar-refractivity contribution in [3.8, 4) is 5.75 Å². The van der Waals surface area contributed by atoms with E-state index in [0.717, 1.165) is 37.7 Å². The van der Waals surface area contributed by atoms with Gasteiger partial charge in [0.05, 0.1) is 17.6 Å². The Hall–Kier alpha value is -2.38. The van der Waals surface area contributed by atoms with E-state index in [1.807, 2.05) is 13.0 Å². The van der Waals surface area contributed by atoms with Crippen LogP contribution in [0.25, 0.3) is 0 Å². The lowest BCUT2D eigenvalue weighted by atomic mass is 9.89. The summed E-state index contributed by atoms with van der Waals surface area (Å²) < 4.78 is 34.9. The molecule has 2 aromatic carbocycles. The number of hydrogen-bond acceptors (Lipinski definition) is 4. The highest BCUT2D eigenvalue weighted by Gasteiger charge is 2.26. The van der Waals surface area contributed by atoms with Crippen LogP contribution < -0.4 is 9.46 Å². The fourth-order valence-electron chi connectivity index (χ4n) is 4.90. The predicted molar refractivity (Wildman–Crippen MR) is 129 cm³/mol. The van der Waals surface area contributed by atoms with Crippen LogP contribution >= 0.6 is 0 Å². The summed E-state index contributed by atoms with van der Waals surface area (Å²) in [5.41, 5.74) is 3.98. The molecule has 1 saturated heterocycles. The van der Waals surface area contributed by atoms with Crippen LogP contribution in [0, 0.1) is 0 Å². The summed E-state index contributed by atoms with van der Waals surface area (Å²) in [5, 5.41) is 0. The van der Waals surface area contributed by atoms with Crippen LogP contribution in [0.5, 0.6) is 5.75 Å². The van der Waals surface area contributed by atoms with Crippen molar-refractivity contribution >= 4 is 15.9 Å². The van der Waals surface area contributed by atoms with Gasteiger partial charge in [0.25, 0.3) is 5.91 Å². The number of amides is 1. The molecule has 7 heteroatoms. The second-order valence-corrected chi connectivity index (χ2v) is 10.7. The number of nitrogens with zero attached hydrogens (tertiary/aromatic N) is 1. The van der Waals surface area contributed by atoms with Crippen LogP contribution in [-0.4, -0.2) is 39.4 Å². The highest BCUT2D eigenvalue weighted by Crippen LogP contribution is 2.29. The van der Waals surface area contributed by atoms with E-state index < -0.39 is 10.0 Å². The molecule has 1 heterocycles. The van der Waals surface area contributed by atoms with Crippen LogP contribution in [0.1, 0.15) is 78.5 Å². The fourth-order valence-corrected chi connectivity index (χ4v) is 6.23. The monoisotopic (exact) mass is 470 g/mol. The minimum atomic E-state index is -3.83. The lowest BCUT2D eigenvalue weighted by Crippen LogP contribution is -2.36. The maximum Gasteiger partial charge on any atom is 0.257 e. The minimum absolute atomic E-state index is 0.0834. The number of ether oxygens (including phenoxy) is 1. The number of nitrogens with one attached hydrogen (secondary N) is 1. The number of hydrogen-bond donors (Lipinski definition) is 1. The number of piperidine rings is 1. The van der Waals surface area contributed by atoms with Crippen molar-refractivity contribution in [2.45, 2.75) is 69.2 Å². The number of fused-ring (bicyclic) bond motifs is 1. The topological polar surface area (TPSA) is 75.7 Å². The van der Waals surface area contributed by atoms with E-state index in [4.69, 9.17) is 4.74 Å². The largest absolute Gasteiger partial charge is 0.496 e. The molecule has 0 aromatic heterocycles. The van der Waals surface area contributed by atoms with Crippen molar-refractivity contribution in [1.82, 2.24) is 9.62 Å². The summed E-state index contributed by atoms with van der Waals surface area (Å²) in [4.78, 5) is 15.0. The molecule has 1 atom stereocenters. The number of sulfonamides is 1. The molecule has 0 spiro atoms. The molecule has 1 aliphatic carbocycles. The molecular weight excluding hydrogens is 436 g/mol. The Bertz CT molecular complexity index is 1110. The molecule has 1 fully saturated rings. The Morgan fingerprint density at radius 3 is 2.42 bits per heavy atom. The Labute approximate surface area is 197 Å². The van der Waals surface area contributed by atoms with E-state index in [1.165, 1.54) is 43.2 Å². The molecule has 1 aliphatic heterocycles. The molecule has 1 N–H and O–H groups in total. The standard InChI is InChI=1S/C26H34N2O4S/c1-3-24(21-12-11-19-9-5-6-10-20(19)17-21)27-33(30,31)22-13-14-25(32-2)23(18-22)26(29)28-15-7-4-8-16-28/h11-14,17-18,24,27H,3-10,15-16H2,1-2H3/t24-/m0/s1. The first-order valence-electron chi connectivity index (χ1n) is 12.0. The molecular formula is C26H34N2O4S. The average Bonchev–Trinajstić information content (AvgIpc) is 2.86. The smallest absolute Gasteiger partial charge is 0.257 e. The van der Waals surface area contributed by atoms with Crippen molar-refractivity contribution in [1.29, 1.82) is 0 Å². The summed E-state index contributed by atoms with van der Waals surface area (Å²) in [5.74, 6) is 0.219. The summed E-state index contributed by atoms with van der Waals surface area (Å²) >= 11 is 0. The van der Waals surface area contributed by atoms with Gasteiger partial charge in [0, 0.05) is 19.1 Å². The highest BCUT2D eigenvalue weighted by atomic mass is 32.2. The average molecular weight is 471 g/mol. The van der Waals surface area contributed by atoms with Crippen LogP contribution in [0.2, 0.25) is 0 Å². The van der Waals surface area contributed by atoms with Gasteiger partial charge in [0.1, 0.15) is 5.75 Å². The van der Waals surface area contributed by atoms with Gasteiger partial charge in [-0.2, -0.15) is 0 Å². The lowest BCUT2D eigenvalue weighted by Gasteiger charge is -2.27. The molecule has 1 amide bonds. The van der Waals surface area contributed by atoms with Gasteiger partial charge in [0.15, 0.2) is 0 Å². The zero-order valence-electron chi connectivity index (χ0n) is 19.6. The molecule has 6 nitrogen and oxygen atoms in total. The molecule has 0 saturated carbocycles. The molecule has 178 valence electrons. The number of carbonyl (C=O) groups excluding carboxylic acids is 1. The first-order chi connectivity index (χ1) is 15.9. The molecule has 2 aliphatic rings. The van der Waals surface area contributed by atoms with Gasteiger partial charge >= 0.3 is 0 Å². The van der Waals surface area contributed by atoms with Gasteiger partial charge in [0.2, 0.25) is 10.0 Å². The van der Waals surface area contributed by atoms with E-state index >= 15 is 0 Å². The van der Waals surface area contributed by atoms with Crippen molar-refractivity contribution in [3.63, 3.8) is 0 Å². The van der Waals surface area contributed by atoms with Crippen LogP contribution in [-0.2, 0) is 22.9 Å². The molecule has 0 radical (unpaired) electrons. The third kappa shape index (κ3) is 5.25. The minimum Gasteiger partial charge on any atom is -0.496 e. The summed E-state index contributed by atoms with van der Waals surface area (Å²) in [6.07, 6.45) is 8.21. The second kappa shape index (κ2) is 10.3.